The Labute approximate surface area is 205 Å². The fraction of sp³-hybridized carbons (Fsp3) is 0.222. The summed E-state index contributed by atoms with van der Waals surface area (Å²) in [5.41, 5.74) is 0.842. The molecule has 1 heterocycles. The van der Waals surface area contributed by atoms with E-state index in [9.17, 15) is 28.2 Å². The summed E-state index contributed by atoms with van der Waals surface area (Å²) in [6.07, 6.45) is -0.494. The summed E-state index contributed by atoms with van der Waals surface area (Å²) in [7, 11) is 0. The lowest BCUT2D eigenvalue weighted by atomic mass is 10.0. The largest absolute Gasteiger partial charge is 0.506 e. The summed E-state index contributed by atoms with van der Waals surface area (Å²) in [6, 6.07) is 17.2. The Morgan fingerprint density at radius 3 is 2.56 bits per heavy atom. The van der Waals surface area contributed by atoms with Gasteiger partial charge in [0.2, 0.25) is 5.56 Å². The fourth-order valence-electron chi connectivity index (χ4n) is 3.88. The Morgan fingerprint density at radius 1 is 1.03 bits per heavy atom. The topological polar surface area (TPSA) is 94.6 Å². The molecule has 0 saturated heterocycles. The standard InChI is InChI=1S/C27H25F3N2O4/c28-21-14-17(6-10-24(21)36-16-27(29,30)18-4-2-1-3-5-18)12-13-31-15-23(34)19-7-9-22(33)26-20(19)8-11-25(35)32-26/h1-11,14,23,31,33-34H,12-13,15-16H2,(H,32,35). The van der Waals surface area contributed by atoms with Gasteiger partial charge in [-0.3, -0.25) is 4.79 Å². The van der Waals surface area contributed by atoms with E-state index in [4.69, 9.17) is 4.74 Å². The maximum absolute atomic E-state index is 14.4. The van der Waals surface area contributed by atoms with E-state index < -0.39 is 24.5 Å². The number of hydrogen-bond acceptors (Lipinski definition) is 5. The van der Waals surface area contributed by atoms with Crippen molar-refractivity contribution in [1.82, 2.24) is 10.3 Å². The fourth-order valence-corrected chi connectivity index (χ4v) is 3.88. The maximum Gasteiger partial charge on any atom is 0.306 e. The van der Waals surface area contributed by atoms with Crippen LogP contribution >= 0.6 is 0 Å². The monoisotopic (exact) mass is 498 g/mol. The number of fused-ring (bicyclic) bond motifs is 1. The highest BCUT2D eigenvalue weighted by atomic mass is 19.3. The first kappa shape index (κ1) is 25.3. The Bertz CT molecular complexity index is 1390. The molecule has 4 aromatic rings. The third kappa shape index (κ3) is 5.87. The number of aliphatic hydroxyl groups excluding tert-OH is 1. The van der Waals surface area contributed by atoms with Gasteiger partial charge < -0.3 is 25.3 Å². The summed E-state index contributed by atoms with van der Waals surface area (Å²) >= 11 is 0. The molecule has 0 spiro atoms. The number of rotatable bonds is 10. The molecule has 4 rings (SSSR count). The highest BCUT2D eigenvalue weighted by Gasteiger charge is 2.32. The van der Waals surface area contributed by atoms with Crippen LogP contribution in [0.4, 0.5) is 13.2 Å². The quantitative estimate of drug-likeness (QED) is 0.243. The molecule has 4 N–H and O–H groups in total. The van der Waals surface area contributed by atoms with Crippen LogP contribution in [0.2, 0.25) is 0 Å². The van der Waals surface area contributed by atoms with Crippen LogP contribution in [0.15, 0.2) is 77.6 Å². The molecule has 1 atom stereocenters. The SMILES string of the molecule is O=c1ccc2c(C(O)CNCCc3ccc(OCC(F)(F)c4ccccc4)c(F)c3)ccc(O)c2[nH]1. The third-order valence-electron chi connectivity index (χ3n) is 5.80. The van der Waals surface area contributed by atoms with E-state index in [0.717, 1.165) is 0 Å². The molecule has 0 radical (unpaired) electrons. The Kier molecular flexibility index (Phi) is 7.61. The van der Waals surface area contributed by atoms with E-state index in [0.29, 0.717) is 29.5 Å². The van der Waals surface area contributed by atoms with Crippen LogP contribution in [-0.4, -0.2) is 34.9 Å². The minimum Gasteiger partial charge on any atom is -0.506 e. The first-order valence-electron chi connectivity index (χ1n) is 11.3. The molecule has 0 aliphatic heterocycles. The number of aromatic hydroxyl groups is 1. The van der Waals surface area contributed by atoms with Gasteiger partial charge in [-0.15, -0.1) is 0 Å². The number of phenolic OH excluding ortho intramolecular Hbond substituents is 1. The van der Waals surface area contributed by atoms with Crippen molar-refractivity contribution >= 4 is 10.9 Å². The number of nitrogens with one attached hydrogen (secondary N) is 2. The van der Waals surface area contributed by atoms with E-state index in [1.165, 1.54) is 54.6 Å². The lowest BCUT2D eigenvalue weighted by Crippen LogP contribution is -2.24. The Hall–Kier alpha value is -3.82. The number of aromatic nitrogens is 1. The second-order valence-corrected chi connectivity index (χ2v) is 8.38. The smallest absolute Gasteiger partial charge is 0.306 e. The summed E-state index contributed by atoms with van der Waals surface area (Å²) in [6.45, 7) is -0.389. The average molecular weight is 499 g/mol. The highest BCUT2D eigenvalue weighted by molar-refractivity contribution is 5.87. The normalized spacial score (nSPS) is 12.6. The lowest BCUT2D eigenvalue weighted by molar-refractivity contribution is -0.0475. The van der Waals surface area contributed by atoms with Gasteiger partial charge in [0.05, 0.1) is 11.6 Å². The van der Waals surface area contributed by atoms with Gasteiger partial charge in [0.15, 0.2) is 18.2 Å². The second-order valence-electron chi connectivity index (χ2n) is 8.38. The zero-order valence-corrected chi connectivity index (χ0v) is 19.2. The summed E-state index contributed by atoms with van der Waals surface area (Å²) in [4.78, 5) is 14.1. The van der Waals surface area contributed by atoms with E-state index in [2.05, 4.69) is 10.3 Å². The summed E-state index contributed by atoms with van der Waals surface area (Å²) in [5, 5.41) is 24.2. The first-order valence-corrected chi connectivity index (χ1v) is 11.3. The number of halogens is 3. The average Bonchev–Trinajstić information content (AvgIpc) is 2.87. The van der Waals surface area contributed by atoms with E-state index in [1.54, 1.807) is 18.2 Å². The Morgan fingerprint density at radius 2 is 1.81 bits per heavy atom. The number of hydrogen-bond donors (Lipinski definition) is 4. The van der Waals surface area contributed by atoms with Crippen LogP contribution < -0.4 is 15.6 Å². The minimum absolute atomic E-state index is 0.0927. The number of H-pyrrole nitrogens is 1. The van der Waals surface area contributed by atoms with Crippen LogP contribution in [0.25, 0.3) is 10.9 Å². The van der Waals surface area contributed by atoms with Crippen LogP contribution in [0, 0.1) is 5.82 Å². The van der Waals surface area contributed by atoms with Gasteiger partial charge in [-0.05, 0) is 48.4 Å². The van der Waals surface area contributed by atoms with Gasteiger partial charge in [-0.25, -0.2) is 4.39 Å². The summed E-state index contributed by atoms with van der Waals surface area (Å²) < 4.78 is 48.0. The second kappa shape index (κ2) is 10.8. The number of pyridine rings is 1. The van der Waals surface area contributed by atoms with Crippen molar-refractivity contribution in [3.8, 4) is 11.5 Å². The van der Waals surface area contributed by atoms with Crippen molar-refractivity contribution in [2.24, 2.45) is 0 Å². The summed E-state index contributed by atoms with van der Waals surface area (Å²) in [5.74, 6) is -4.34. The molecule has 3 aromatic carbocycles. The van der Waals surface area contributed by atoms with Crippen LogP contribution in [-0.2, 0) is 12.3 Å². The van der Waals surface area contributed by atoms with Gasteiger partial charge in [-0.1, -0.05) is 42.5 Å². The molecule has 1 unspecified atom stereocenters. The number of aliphatic hydroxyl groups is 1. The lowest BCUT2D eigenvalue weighted by Gasteiger charge is -2.18. The highest BCUT2D eigenvalue weighted by Crippen LogP contribution is 2.30. The predicted molar refractivity (Wildman–Crippen MR) is 130 cm³/mol. The molecule has 0 amide bonds. The zero-order chi connectivity index (χ0) is 25.7. The Balaban J connectivity index is 1.30. The molecule has 1 aromatic heterocycles. The number of alkyl halides is 2. The van der Waals surface area contributed by atoms with Crippen LogP contribution in [0.1, 0.15) is 22.8 Å². The number of phenols is 1. The molecule has 0 aliphatic rings. The molecule has 9 heteroatoms. The van der Waals surface area contributed by atoms with Crippen molar-refractivity contribution in [2.45, 2.75) is 18.4 Å². The molecule has 0 bridgehead atoms. The molecule has 0 fully saturated rings. The van der Waals surface area contributed by atoms with Gasteiger partial charge >= 0.3 is 5.92 Å². The zero-order valence-electron chi connectivity index (χ0n) is 19.2. The van der Waals surface area contributed by atoms with Crippen molar-refractivity contribution < 1.29 is 28.1 Å². The number of aromatic amines is 1. The molecule has 188 valence electrons. The van der Waals surface area contributed by atoms with Gasteiger partial charge in [0.1, 0.15) is 5.75 Å². The van der Waals surface area contributed by atoms with Crippen LogP contribution in [0.5, 0.6) is 11.5 Å². The van der Waals surface area contributed by atoms with Crippen molar-refractivity contribution in [3.05, 3.63) is 106 Å². The molecular weight excluding hydrogens is 473 g/mol. The van der Waals surface area contributed by atoms with E-state index >= 15 is 0 Å². The predicted octanol–water partition coefficient (Wildman–Crippen LogP) is 4.41. The van der Waals surface area contributed by atoms with Crippen molar-refractivity contribution in [3.63, 3.8) is 0 Å². The van der Waals surface area contributed by atoms with Gasteiger partial charge in [0.25, 0.3) is 0 Å². The number of benzene rings is 3. The molecule has 6 nitrogen and oxygen atoms in total. The molecular formula is C27H25F3N2O4. The molecule has 0 saturated carbocycles. The minimum atomic E-state index is -3.25. The first-order chi connectivity index (χ1) is 17.2. The van der Waals surface area contributed by atoms with Crippen molar-refractivity contribution in [2.75, 3.05) is 19.7 Å². The third-order valence-corrected chi connectivity index (χ3v) is 5.80. The van der Waals surface area contributed by atoms with E-state index in [-0.39, 0.29) is 34.7 Å². The molecule has 36 heavy (non-hydrogen) atoms. The maximum atomic E-state index is 14.4. The van der Waals surface area contributed by atoms with Crippen LogP contribution in [0.3, 0.4) is 0 Å². The van der Waals surface area contributed by atoms with Gasteiger partial charge in [-0.2, -0.15) is 8.78 Å². The number of ether oxygens (including phenoxy) is 1. The van der Waals surface area contributed by atoms with Crippen molar-refractivity contribution in [1.29, 1.82) is 0 Å². The van der Waals surface area contributed by atoms with Gasteiger partial charge in [0, 0.05) is 23.6 Å². The molecule has 0 aliphatic carbocycles. The van der Waals surface area contributed by atoms with E-state index in [1.807, 2.05) is 0 Å².